The Bertz CT molecular complexity index is 1150. The Kier molecular flexibility index (Phi) is 4.42. The van der Waals surface area contributed by atoms with Crippen LogP contribution in [0.1, 0.15) is 21.5 Å². The van der Waals surface area contributed by atoms with Gasteiger partial charge in [-0.2, -0.15) is 0 Å². The third-order valence-electron chi connectivity index (χ3n) is 4.29. The maximum absolute atomic E-state index is 12.4. The van der Waals surface area contributed by atoms with E-state index in [9.17, 15) is 4.79 Å². The van der Waals surface area contributed by atoms with E-state index in [2.05, 4.69) is 16.4 Å². The highest BCUT2D eigenvalue weighted by Crippen LogP contribution is 2.28. The van der Waals surface area contributed by atoms with Gasteiger partial charge in [-0.25, -0.2) is 4.98 Å². The number of nitrogens with one attached hydrogen (secondary N) is 1. The summed E-state index contributed by atoms with van der Waals surface area (Å²) in [6.45, 7) is 4.04. The van der Waals surface area contributed by atoms with Crippen LogP contribution in [-0.4, -0.2) is 10.9 Å². The van der Waals surface area contributed by atoms with Crippen molar-refractivity contribution in [1.82, 2.24) is 4.98 Å². The first kappa shape index (κ1) is 17.3. The van der Waals surface area contributed by atoms with Gasteiger partial charge >= 0.3 is 0 Å². The summed E-state index contributed by atoms with van der Waals surface area (Å²) in [4.78, 5) is 17.0. The number of carbonyl (C=O) groups excluding carboxylic acids is 1. The lowest BCUT2D eigenvalue weighted by molar-refractivity contribution is 0.102. The first-order valence-electron chi connectivity index (χ1n) is 8.55. The van der Waals surface area contributed by atoms with Gasteiger partial charge in [-0.15, -0.1) is 0 Å². The molecule has 0 saturated heterocycles. The molecular formula is C22H17ClN2O2. The van der Waals surface area contributed by atoms with Crippen LogP contribution in [0.5, 0.6) is 0 Å². The van der Waals surface area contributed by atoms with E-state index in [4.69, 9.17) is 16.0 Å². The molecule has 0 aliphatic heterocycles. The van der Waals surface area contributed by atoms with E-state index in [1.54, 1.807) is 24.3 Å². The minimum absolute atomic E-state index is 0.201. The number of rotatable bonds is 3. The number of halogens is 1. The second kappa shape index (κ2) is 6.89. The molecule has 3 aromatic carbocycles. The van der Waals surface area contributed by atoms with Gasteiger partial charge in [-0.3, -0.25) is 4.79 Å². The van der Waals surface area contributed by atoms with Gasteiger partial charge in [0.1, 0.15) is 5.52 Å². The van der Waals surface area contributed by atoms with Crippen molar-refractivity contribution in [2.75, 3.05) is 5.32 Å². The fourth-order valence-corrected chi connectivity index (χ4v) is 3.16. The maximum Gasteiger partial charge on any atom is 0.255 e. The summed E-state index contributed by atoms with van der Waals surface area (Å²) in [5.74, 6) is 0.328. The van der Waals surface area contributed by atoms with E-state index < -0.39 is 0 Å². The zero-order valence-corrected chi connectivity index (χ0v) is 15.7. The van der Waals surface area contributed by atoms with Crippen LogP contribution in [0.15, 0.2) is 65.1 Å². The maximum atomic E-state index is 12.4. The third-order valence-corrected chi connectivity index (χ3v) is 4.55. The van der Waals surface area contributed by atoms with Crippen LogP contribution in [0.3, 0.4) is 0 Å². The first-order chi connectivity index (χ1) is 13.0. The van der Waals surface area contributed by atoms with E-state index in [1.807, 2.05) is 44.2 Å². The molecular weight excluding hydrogens is 360 g/mol. The van der Waals surface area contributed by atoms with Crippen molar-refractivity contribution in [3.05, 3.63) is 82.4 Å². The summed E-state index contributed by atoms with van der Waals surface area (Å²) in [7, 11) is 0. The Morgan fingerprint density at radius 2 is 1.81 bits per heavy atom. The van der Waals surface area contributed by atoms with Crippen molar-refractivity contribution in [3.8, 4) is 11.5 Å². The molecule has 4 nitrogen and oxygen atoms in total. The van der Waals surface area contributed by atoms with Crippen LogP contribution in [0.4, 0.5) is 5.69 Å². The number of benzene rings is 3. The first-order valence-corrected chi connectivity index (χ1v) is 8.92. The molecule has 4 rings (SSSR count). The number of amides is 1. The summed E-state index contributed by atoms with van der Waals surface area (Å²) in [5, 5.41) is 3.48. The van der Waals surface area contributed by atoms with Crippen molar-refractivity contribution in [2.24, 2.45) is 0 Å². The van der Waals surface area contributed by atoms with E-state index in [0.29, 0.717) is 22.2 Å². The number of oxazole rings is 1. The second-order valence-electron chi connectivity index (χ2n) is 6.49. The fraction of sp³-hybridized carbons (Fsp3) is 0.0909. The van der Waals surface area contributed by atoms with Crippen molar-refractivity contribution >= 4 is 34.3 Å². The molecule has 1 heterocycles. The monoisotopic (exact) mass is 376 g/mol. The van der Waals surface area contributed by atoms with Gasteiger partial charge in [0.05, 0.1) is 0 Å². The normalized spacial score (nSPS) is 10.9. The predicted molar refractivity (Wildman–Crippen MR) is 108 cm³/mol. The van der Waals surface area contributed by atoms with Crippen molar-refractivity contribution < 1.29 is 9.21 Å². The summed E-state index contributed by atoms with van der Waals surface area (Å²) in [5.41, 5.74) is 5.82. The average Bonchev–Trinajstić information content (AvgIpc) is 3.07. The van der Waals surface area contributed by atoms with Gasteiger partial charge in [-0.1, -0.05) is 23.7 Å². The van der Waals surface area contributed by atoms with E-state index in [0.717, 1.165) is 27.8 Å². The molecule has 0 aliphatic rings. The van der Waals surface area contributed by atoms with Crippen molar-refractivity contribution in [2.45, 2.75) is 13.8 Å². The highest BCUT2D eigenvalue weighted by atomic mass is 35.5. The lowest BCUT2D eigenvalue weighted by Crippen LogP contribution is -2.11. The summed E-state index contributed by atoms with van der Waals surface area (Å²) in [6, 6.07) is 18.3. The van der Waals surface area contributed by atoms with Gasteiger partial charge in [0.15, 0.2) is 5.58 Å². The molecule has 134 valence electrons. The van der Waals surface area contributed by atoms with Crippen LogP contribution in [0.2, 0.25) is 5.02 Å². The number of hydrogen-bond acceptors (Lipinski definition) is 3. The Labute approximate surface area is 161 Å². The fourth-order valence-electron chi connectivity index (χ4n) is 3.03. The summed E-state index contributed by atoms with van der Waals surface area (Å²) in [6.07, 6.45) is 0. The molecule has 0 unspecified atom stereocenters. The molecule has 27 heavy (non-hydrogen) atoms. The number of carbonyl (C=O) groups is 1. The van der Waals surface area contributed by atoms with Crippen LogP contribution >= 0.6 is 11.6 Å². The summed E-state index contributed by atoms with van der Waals surface area (Å²) < 4.78 is 5.96. The topological polar surface area (TPSA) is 55.1 Å². The quantitative estimate of drug-likeness (QED) is 0.475. The molecule has 0 spiro atoms. The summed E-state index contributed by atoms with van der Waals surface area (Å²) >= 11 is 5.87. The Balaban J connectivity index is 1.63. The molecule has 0 radical (unpaired) electrons. The standard InChI is InChI=1S/C22H17ClN2O2/c1-13-10-14(2)20-19(11-13)25-22(27-20)16-4-3-5-18(12-16)24-21(26)15-6-8-17(23)9-7-15/h3-12H,1-2H3,(H,24,26). The number of hydrogen-bond donors (Lipinski definition) is 1. The van der Waals surface area contributed by atoms with Gasteiger partial charge in [0, 0.05) is 21.8 Å². The Hall–Kier alpha value is -3.11. The highest BCUT2D eigenvalue weighted by Gasteiger charge is 2.12. The second-order valence-corrected chi connectivity index (χ2v) is 6.93. The van der Waals surface area contributed by atoms with Crippen molar-refractivity contribution in [1.29, 1.82) is 0 Å². The minimum atomic E-state index is -0.201. The van der Waals surface area contributed by atoms with Crippen molar-refractivity contribution in [3.63, 3.8) is 0 Å². The molecule has 5 heteroatoms. The minimum Gasteiger partial charge on any atom is -0.436 e. The average molecular weight is 377 g/mol. The molecule has 0 fully saturated rings. The van der Waals surface area contributed by atoms with Crippen LogP contribution < -0.4 is 5.32 Å². The van der Waals surface area contributed by atoms with Gasteiger partial charge in [0.25, 0.3) is 5.91 Å². The predicted octanol–water partition coefficient (Wildman–Crippen LogP) is 6.02. The highest BCUT2D eigenvalue weighted by molar-refractivity contribution is 6.30. The van der Waals surface area contributed by atoms with E-state index >= 15 is 0 Å². The number of aromatic nitrogens is 1. The molecule has 4 aromatic rings. The Morgan fingerprint density at radius 3 is 2.59 bits per heavy atom. The number of anilines is 1. The van der Waals surface area contributed by atoms with Gasteiger partial charge in [0.2, 0.25) is 5.89 Å². The zero-order chi connectivity index (χ0) is 19.0. The molecule has 0 bridgehead atoms. The molecule has 1 amide bonds. The van der Waals surface area contributed by atoms with Crippen LogP contribution in [0.25, 0.3) is 22.6 Å². The number of fused-ring (bicyclic) bond motifs is 1. The molecule has 0 aliphatic carbocycles. The molecule has 1 aromatic heterocycles. The lowest BCUT2D eigenvalue weighted by atomic mass is 10.1. The largest absolute Gasteiger partial charge is 0.436 e. The Morgan fingerprint density at radius 1 is 1.04 bits per heavy atom. The van der Waals surface area contributed by atoms with Gasteiger partial charge < -0.3 is 9.73 Å². The smallest absolute Gasteiger partial charge is 0.255 e. The van der Waals surface area contributed by atoms with Crippen LogP contribution in [-0.2, 0) is 0 Å². The molecule has 0 atom stereocenters. The molecule has 1 N–H and O–H groups in total. The lowest BCUT2D eigenvalue weighted by Gasteiger charge is -2.06. The SMILES string of the molecule is Cc1cc(C)c2oc(-c3cccc(NC(=O)c4ccc(Cl)cc4)c3)nc2c1. The van der Waals surface area contributed by atoms with E-state index in [-0.39, 0.29) is 5.91 Å². The zero-order valence-electron chi connectivity index (χ0n) is 14.9. The van der Waals surface area contributed by atoms with Crippen LogP contribution in [0, 0.1) is 13.8 Å². The van der Waals surface area contributed by atoms with E-state index in [1.165, 1.54) is 0 Å². The third kappa shape index (κ3) is 3.57. The molecule has 0 saturated carbocycles. The number of aryl methyl sites for hydroxylation is 2. The van der Waals surface area contributed by atoms with Gasteiger partial charge in [-0.05, 0) is 73.5 Å². The number of nitrogens with zero attached hydrogens (tertiary/aromatic N) is 1.